The van der Waals surface area contributed by atoms with Crippen LogP contribution in [0.3, 0.4) is 0 Å². The van der Waals surface area contributed by atoms with Crippen molar-refractivity contribution >= 4 is 15.9 Å². The summed E-state index contributed by atoms with van der Waals surface area (Å²) in [5, 5.41) is 0. The van der Waals surface area contributed by atoms with E-state index < -0.39 is 10.0 Å². The lowest BCUT2D eigenvalue weighted by Gasteiger charge is -2.22. The third kappa shape index (κ3) is 4.64. The number of methoxy groups -OCH3 is 1. The van der Waals surface area contributed by atoms with Gasteiger partial charge in [0, 0.05) is 32.7 Å². The predicted octanol–water partition coefficient (Wildman–Crippen LogP) is 2.75. The summed E-state index contributed by atoms with van der Waals surface area (Å²) in [5.74, 6) is -0.562. The quantitative estimate of drug-likeness (QED) is 0.724. The van der Waals surface area contributed by atoms with E-state index in [9.17, 15) is 17.6 Å². The molecule has 0 saturated heterocycles. The molecule has 6 nitrogen and oxygen atoms in total. The average molecular weight is 394 g/mol. The van der Waals surface area contributed by atoms with E-state index in [1.165, 1.54) is 56.4 Å². The fourth-order valence-electron chi connectivity index (χ4n) is 2.57. The Labute approximate surface area is 159 Å². The first kappa shape index (κ1) is 20.9. The van der Waals surface area contributed by atoms with Crippen molar-refractivity contribution in [3.05, 3.63) is 59.4 Å². The van der Waals surface area contributed by atoms with Crippen LogP contribution in [0.4, 0.5) is 4.39 Å². The maximum atomic E-state index is 13.4. The molecular weight excluding hydrogens is 371 g/mol. The first-order valence-electron chi connectivity index (χ1n) is 8.35. The standard InChI is InChI=1S/C19H23FN2O4S/c1-5-22(13-14-7-6-8-16(20)11-14)19(23)15-9-10-17(26-4)18(12-15)27(24,25)21(2)3/h6-12H,5,13H2,1-4H3. The number of carbonyl (C=O) groups excluding carboxylic acids is 1. The van der Waals surface area contributed by atoms with E-state index in [1.807, 2.05) is 0 Å². The van der Waals surface area contributed by atoms with Gasteiger partial charge in [0.2, 0.25) is 10.0 Å². The summed E-state index contributed by atoms with van der Waals surface area (Å²) in [6.45, 7) is 2.41. The van der Waals surface area contributed by atoms with Crippen LogP contribution in [-0.2, 0) is 16.6 Å². The maximum Gasteiger partial charge on any atom is 0.254 e. The molecule has 0 saturated carbocycles. The van der Waals surface area contributed by atoms with E-state index in [4.69, 9.17) is 4.74 Å². The van der Waals surface area contributed by atoms with Gasteiger partial charge < -0.3 is 9.64 Å². The Balaban J connectivity index is 2.39. The van der Waals surface area contributed by atoms with Crippen LogP contribution in [0, 0.1) is 5.82 Å². The molecule has 0 aromatic heterocycles. The highest BCUT2D eigenvalue weighted by molar-refractivity contribution is 7.89. The van der Waals surface area contributed by atoms with Crippen LogP contribution in [-0.4, -0.2) is 51.3 Å². The van der Waals surface area contributed by atoms with Crippen LogP contribution in [0.5, 0.6) is 5.75 Å². The summed E-state index contributed by atoms with van der Waals surface area (Å²) in [4.78, 5) is 14.3. The molecule has 2 rings (SSSR count). The third-order valence-electron chi connectivity index (χ3n) is 4.10. The van der Waals surface area contributed by atoms with E-state index in [0.29, 0.717) is 12.1 Å². The van der Waals surface area contributed by atoms with Crippen molar-refractivity contribution < 1.29 is 22.3 Å². The Morgan fingerprint density at radius 3 is 2.41 bits per heavy atom. The van der Waals surface area contributed by atoms with Gasteiger partial charge >= 0.3 is 0 Å². The highest BCUT2D eigenvalue weighted by atomic mass is 32.2. The number of hydrogen-bond donors (Lipinski definition) is 0. The van der Waals surface area contributed by atoms with Gasteiger partial charge in [-0.1, -0.05) is 12.1 Å². The highest BCUT2D eigenvalue weighted by Crippen LogP contribution is 2.27. The molecule has 0 unspecified atom stereocenters. The van der Waals surface area contributed by atoms with Gasteiger partial charge in [0.1, 0.15) is 16.5 Å². The molecule has 146 valence electrons. The van der Waals surface area contributed by atoms with Crippen LogP contribution in [0.15, 0.2) is 47.4 Å². The summed E-state index contributed by atoms with van der Waals surface area (Å²) in [6, 6.07) is 10.3. The van der Waals surface area contributed by atoms with Gasteiger partial charge in [0.05, 0.1) is 7.11 Å². The van der Waals surface area contributed by atoms with Crippen LogP contribution < -0.4 is 4.74 Å². The zero-order valence-corrected chi connectivity index (χ0v) is 16.6. The van der Waals surface area contributed by atoms with E-state index in [2.05, 4.69) is 0 Å². The zero-order valence-electron chi connectivity index (χ0n) is 15.8. The number of benzene rings is 2. The third-order valence-corrected chi connectivity index (χ3v) is 5.94. The first-order valence-corrected chi connectivity index (χ1v) is 9.79. The molecule has 0 spiro atoms. The van der Waals surface area contributed by atoms with Gasteiger partial charge in [-0.2, -0.15) is 0 Å². The largest absolute Gasteiger partial charge is 0.495 e. The van der Waals surface area contributed by atoms with Crippen molar-refractivity contribution in [3.8, 4) is 5.75 Å². The molecular formula is C19H23FN2O4S. The second kappa shape index (κ2) is 8.49. The number of sulfonamides is 1. The smallest absolute Gasteiger partial charge is 0.254 e. The fraction of sp³-hybridized carbons (Fsp3) is 0.316. The van der Waals surface area contributed by atoms with Crippen molar-refractivity contribution in [1.82, 2.24) is 9.21 Å². The van der Waals surface area contributed by atoms with E-state index in [0.717, 1.165) is 4.31 Å². The monoisotopic (exact) mass is 394 g/mol. The summed E-state index contributed by atoms with van der Waals surface area (Å²) in [6.07, 6.45) is 0. The lowest BCUT2D eigenvalue weighted by atomic mass is 10.1. The molecule has 0 aliphatic rings. The molecule has 0 aliphatic carbocycles. The molecule has 2 aromatic rings. The Kier molecular flexibility index (Phi) is 6.56. The second-order valence-electron chi connectivity index (χ2n) is 6.10. The second-order valence-corrected chi connectivity index (χ2v) is 8.22. The number of amides is 1. The van der Waals surface area contributed by atoms with Gasteiger partial charge in [0.25, 0.3) is 5.91 Å². The van der Waals surface area contributed by atoms with Gasteiger partial charge in [-0.3, -0.25) is 4.79 Å². The molecule has 2 aromatic carbocycles. The molecule has 8 heteroatoms. The average Bonchev–Trinajstić information content (AvgIpc) is 2.64. The maximum absolute atomic E-state index is 13.4. The summed E-state index contributed by atoms with van der Waals surface area (Å²) < 4.78 is 44.7. The lowest BCUT2D eigenvalue weighted by molar-refractivity contribution is 0.0752. The molecule has 0 radical (unpaired) electrons. The van der Waals surface area contributed by atoms with Gasteiger partial charge in [0.15, 0.2) is 0 Å². The molecule has 0 bridgehead atoms. The minimum absolute atomic E-state index is 0.0809. The Morgan fingerprint density at radius 1 is 1.15 bits per heavy atom. The number of hydrogen-bond acceptors (Lipinski definition) is 4. The van der Waals surface area contributed by atoms with Crippen molar-refractivity contribution in [1.29, 1.82) is 0 Å². The van der Waals surface area contributed by atoms with Gasteiger partial charge in [-0.25, -0.2) is 17.1 Å². The van der Waals surface area contributed by atoms with Crippen LogP contribution in [0.25, 0.3) is 0 Å². The molecule has 0 fully saturated rings. The van der Waals surface area contributed by atoms with Crippen molar-refractivity contribution in [3.63, 3.8) is 0 Å². The first-order chi connectivity index (χ1) is 12.7. The molecule has 27 heavy (non-hydrogen) atoms. The molecule has 1 amide bonds. The number of nitrogens with zero attached hydrogens (tertiary/aromatic N) is 2. The molecule has 0 heterocycles. The molecule has 0 atom stereocenters. The number of halogens is 1. The van der Waals surface area contributed by atoms with Gasteiger partial charge in [-0.15, -0.1) is 0 Å². The Bertz CT molecular complexity index is 929. The summed E-state index contributed by atoms with van der Waals surface area (Å²) in [7, 11) is 0.401. The van der Waals surface area contributed by atoms with Crippen molar-refractivity contribution in [2.24, 2.45) is 0 Å². The van der Waals surface area contributed by atoms with Crippen molar-refractivity contribution in [2.45, 2.75) is 18.4 Å². The van der Waals surface area contributed by atoms with Crippen molar-refractivity contribution in [2.75, 3.05) is 27.7 Å². The minimum Gasteiger partial charge on any atom is -0.495 e. The summed E-state index contributed by atoms with van der Waals surface area (Å²) >= 11 is 0. The van der Waals surface area contributed by atoms with Gasteiger partial charge in [-0.05, 0) is 42.8 Å². The molecule has 0 N–H and O–H groups in total. The Morgan fingerprint density at radius 2 is 1.85 bits per heavy atom. The van der Waals surface area contributed by atoms with E-state index >= 15 is 0 Å². The molecule has 0 aliphatic heterocycles. The minimum atomic E-state index is -3.78. The van der Waals surface area contributed by atoms with E-state index in [-0.39, 0.29) is 34.5 Å². The van der Waals surface area contributed by atoms with E-state index in [1.54, 1.807) is 19.1 Å². The van der Waals surface area contributed by atoms with Crippen LogP contribution in [0.2, 0.25) is 0 Å². The SMILES string of the molecule is CCN(Cc1cccc(F)c1)C(=O)c1ccc(OC)c(S(=O)(=O)N(C)C)c1. The van der Waals surface area contributed by atoms with Crippen LogP contribution in [0.1, 0.15) is 22.8 Å². The normalized spacial score (nSPS) is 11.5. The topological polar surface area (TPSA) is 66.9 Å². The lowest BCUT2D eigenvalue weighted by Crippen LogP contribution is -2.31. The van der Waals surface area contributed by atoms with Crippen LogP contribution >= 0.6 is 0 Å². The number of carbonyl (C=O) groups is 1. The predicted molar refractivity (Wildman–Crippen MR) is 101 cm³/mol. The Hall–Kier alpha value is -2.45. The number of rotatable bonds is 7. The fourth-order valence-corrected chi connectivity index (χ4v) is 3.65. The zero-order chi connectivity index (χ0) is 20.2. The number of ether oxygens (including phenoxy) is 1. The summed E-state index contributed by atoms with van der Waals surface area (Å²) in [5.41, 5.74) is 0.870. The highest BCUT2D eigenvalue weighted by Gasteiger charge is 2.25.